The van der Waals surface area contributed by atoms with Crippen LogP contribution in [0.3, 0.4) is 0 Å². The number of benzene rings is 1. The smallest absolute Gasteiger partial charge is 0.354 e. The molecule has 4 aromatic rings. The van der Waals surface area contributed by atoms with Gasteiger partial charge in [-0.1, -0.05) is 37.3 Å². The summed E-state index contributed by atoms with van der Waals surface area (Å²) < 4.78 is 1.72. The third kappa shape index (κ3) is 4.78. The third-order valence-electron chi connectivity index (χ3n) is 7.97. The van der Waals surface area contributed by atoms with Gasteiger partial charge in [0, 0.05) is 37.6 Å². The summed E-state index contributed by atoms with van der Waals surface area (Å²) in [5.74, 6) is -1.21. The lowest BCUT2D eigenvalue weighted by Crippen LogP contribution is -2.37. The first kappa shape index (κ1) is 24.8. The molecule has 1 amide bonds. The molecular formula is C29H31N7O3. The lowest BCUT2D eigenvalue weighted by atomic mass is 9.82. The highest BCUT2D eigenvalue weighted by Crippen LogP contribution is 2.36. The number of nitrogens with one attached hydrogen (secondary N) is 1. The Morgan fingerprint density at radius 3 is 2.64 bits per heavy atom. The largest absolute Gasteiger partial charge is 0.477 e. The standard InChI is InChI=1S/C29H31N7O3/c1-19-14-23(35-13-11-29(2,18-35)20-6-4-3-5-7-20)17-36-26(19)32-25(33-36)27(37)31-21-10-12-34(16-21)22-8-9-24(28(38)39)30-15-22/h3-9,14-15,17,21H,10-13,16,18H2,1-2H3,(H,31,37)(H,38,39)/t21?,29-/m0/s1. The lowest BCUT2D eigenvalue weighted by Gasteiger charge is -2.26. The Labute approximate surface area is 226 Å². The maximum Gasteiger partial charge on any atom is 0.354 e. The maximum absolute atomic E-state index is 13.1. The summed E-state index contributed by atoms with van der Waals surface area (Å²) in [5.41, 5.74) is 4.99. The Hall–Kier alpha value is -4.47. The molecule has 10 nitrogen and oxygen atoms in total. The van der Waals surface area contributed by atoms with Crippen LogP contribution in [-0.2, 0) is 5.41 Å². The molecule has 5 heterocycles. The number of amides is 1. The van der Waals surface area contributed by atoms with Gasteiger partial charge < -0.3 is 20.2 Å². The Morgan fingerprint density at radius 1 is 1.08 bits per heavy atom. The number of aromatic carboxylic acids is 1. The molecule has 0 bridgehead atoms. The predicted octanol–water partition coefficient (Wildman–Crippen LogP) is 3.31. The average molecular weight is 526 g/mol. The Bertz CT molecular complexity index is 1540. The Balaban J connectivity index is 1.14. The molecule has 200 valence electrons. The summed E-state index contributed by atoms with van der Waals surface area (Å²) in [6.45, 7) is 7.52. The average Bonchev–Trinajstić information content (AvgIpc) is 3.68. The number of hydrogen-bond donors (Lipinski definition) is 2. The quantitative estimate of drug-likeness (QED) is 0.394. The molecule has 1 unspecified atom stereocenters. The van der Waals surface area contributed by atoms with Crippen LogP contribution in [0, 0.1) is 6.92 Å². The number of nitrogens with zero attached hydrogens (tertiary/aromatic N) is 6. The molecule has 3 aromatic heterocycles. The molecule has 2 N–H and O–H groups in total. The van der Waals surface area contributed by atoms with Gasteiger partial charge in [0.15, 0.2) is 5.65 Å². The molecule has 10 heteroatoms. The Kier molecular flexibility index (Phi) is 6.17. The van der Waals surface area contributed by atoms with Crippen molar-refractivity contribution in [3.8, 4) is 0 Å². The molecule has 2 fully saturated rings. The number of carbonyl (C=O) groups excluding carboxylic acids is 1. The van der Waals surface area contributed by atoms with Crippen molar-refractivity contribution in [1.29, 1.82) is 0 Å². The predicted molar refractivity (Wildman–Crippen MR) is 148 cm³/mol. The van der Waals surface area contributed by atoms with Gasteiger partial charge in [-0.2, -0.15) is 0 Å². The highest BCUT2D eigenvalue weighted by atomic mass is 16.4. The summed E-state index contributed by atoms with van der Waals surface area (Å²) in [6, 6.07) is 15.9. The molecular weight excluding hydrogens is 494 g/mol. The molecule has 0 saturated carbocycles. The van der Waals surface area contributed by atoms with Crippen LogP contribution < -0.4 is 15.1 Å². The van der Waals surface area contributed by atoms with Crippen molar-refractivity contribution >= 4 is 28.9 Å². The van der Waals surface area contributed by atoms with E-state index in [4.69, 9.17) is 5.11 Å². The third-order valence-corrected chi connectivity index (χ3v) is 7.97. The van der Waals surface area contributed by atoms with Crippen LogP contribution in [0.15, 0.2) is 60.9 Å². The molecule has 6 rings (SSSR count). The van der Waals surface area contributed by atoms with E-state index in [-0.39, 0.29) is 28.9 Å². The summed E-state index contributed by atoms with van der Waals surface area (Å²) in [4.78, 5) is 37.1. The number of aryl methyl sites for hydroxylation is 1. The van der Waals surface area contributed by atoms with Crippen LogP contribution in [0.25, 0.3) is 5.65 Å². The number of carboxylic acids is 1. The summed E-state index contributed by atoms with van der Waals surface area (Å²) in [6.07, 6.45) is 5.35. The van der Waals surface area contributed by atoms with Crippen LogP contribution in [0.1, 0.15) is 52.0 Å². The molecule has 2 aliphatic rings. The van der Waals surface area contributed by atoms with E-state index in [0.29, 0.717) is 12.2 Å². The van der Waals surface area contributed by atoms with Crippen molar-refractivity contribution in [2.24, 2.45) is 0 Å². The van der Waals surface area contributed by atoms with Crippen molar-refractivity contribution < 1.29 is 14.7 Å². The van der Waals surface area contributed by atoms with Gasteiger partial charge in [0.05, 0.1) is 23.8 Å². The topological polar surface area (TPSA) is 116 Å². The second kappa shape index (κ2) is 9.68. The zero-order chi connectivity index (χ0) is 27.1. The van der Waals surface area contributed by atoms with Crippen molar-refractivity contribution in [3.63, 3.8) is 0 Å². The zero-order valence-corrected chi connectivity index (χ0v) is 22.0. The fourth-order valence-corrected chi connectivity index (χ4v) is 5.72. The zero-order valence-electron chi connectivity index (χ0n) is 22.0. The number of pyridine rings is 2. The number of fused-ring (bicyclic) bond motifs is 1. The van der Waals surface area contributed by atoms with E-state index in [1.807, 2.05) is 13.1 Å². The number of rotatable bonds is 6. The van der Waals surface area contributed by atoms with Gasteiger partial charge in [-0.25, -0.2) is 19.3 Å². The number of aromatic nitrogens is 4. The molecule has 0 spiro atoms. The normalized spacial score (nSPS) is 21.0. The van der Waals surface area contributed by atoms with Gasteiger partial charge in [-0.05, 0) is 49.1 Å². The van der Waals surface area contributed by atoms with E-state index in [9.17, 15) is 9.59 Å². The van der Waals surface area contributed by atoms with Gasteiger partial charge in [0.2, 0.25) is 5.82 Å². The van der Waals surface area contributed by atoms with E-state index >= 15 is 0 Å². The lowest BCUT2D eigenvalue weighted by molar-refractivity contribution is 0.0690. The fourth-order valence-electron chi connectivity index (χ4n) is 5.72. The SMILES string of the molecule is Cc1cc(N2CC[C@](C)(c3ccccc3)C2)cn2nc(C(=O)NC3CCN(c4ccc(C(=O)O)nc4)C3)nc12. The Morgan fingerprint density at radius 2 is 1.90 bits per heavy atom. The summed E-state index contributed by atoms with van der Waals surface area (Å²) in [5, 5.41) is 16.6. The van der Waals surface area contributed by atoms with Gasteiger partial charge in [0.1, 0.15) is 5.69 Å². The monoisotopic (exact) mass is 525 g/mol. The molecule has 2 saturated heterocycles. The first-order valence-corrected chi connectivity index (χ1v) is 13.2. The van der Waals surface area contributed by atoms with Gasteiger partial charge >= 0.3 is 5.97 Å². The first-order chi connectivity index (χ1) is 18.8. The highest BCUT2D eigenvalue weighted by Gasteiger charge is 2.35. The first-order valence-electron chi connectivity index (χ1n) is 13.2. The minimum absolute atomic E-state index is 0.00844. The minimum atomic E-state index is -1.05. The number of carboxylic acid groups (broad SMARTS) is 1. The molecule has 1 aromatic carbocycles. The van der Waals surface area contributed by atoms with Crippen LogP contribution in [0.4, 0.5) is 11.4 Å². The van der Waals surface area contributed by atoms with Crippen molar-refractivity contribution in [1.82, 2.24) is 24.9 Å². The van der Waals surface area contributed by atoms with Crippen LogP contribution in [0.2, 0.25) is 0 Å². The van der Waals surface area contributed by atoms with E-state index in [1.165, 1.54) is 11.6 Å². The van der Waals surface area contributed by atoms with Crippen molar-refractivity contribution in [2.45, 2.75) is 38.1 Å². The van der Waals surface area contributed by atoms with Gasteiger partial charge in [-0.3, -0.25) is 4.79 Å². The van der Waals surface area contributed by atoms with E-state index < -0.39 is 5.97 Å². The fraction of sp³-hybridized carbons (Fsp3) is 0.345. The molecule has 39 heavy (non-hydrogen) atoms. The van der Waals surface area contributed by atoms with Crippen LogP contribution in [-0.4, -0.2) is 68.8 Å². The van der Waals surface area contributed by atoms with Crippen molar-refractivity contribution in [2.75, 3.05) is 36.0 Å². The molecule has 2 atom stereocenters. The van der Waals surface area contributed by atoms with Crippen LogP contribution in [0.5, 0.6) is 0 Å². The van der Waals surface area contributed by atoms with Gasteiger partial charge in [-0.15, -0.1) is 5.10 Å². The maximum atomic E-state index is 13.1. The van der Waals surface area contributed by atoms with E-state index in [2.05, 4.69) is 73.5 Å². The van der Waals surface area contributed by atoms with E-state index in [0.717, 1.165) is 49.4 Å². The second-order valence-electron chi connectivity index (χ2n) is 10.8. The van der Waals surface area contributed by atoms with Gasteiger partial charge in [0.25, 0.3) is 5.91 Å². The van der Waals surface area contributed by atoms with Crippen LogP contribution >= 0.6 is 0 Å². The second-order valence-corrected chi connectivity index (χ2v) is 10.8. The number of carbonyl (C=O) groups is 2. The van der Waals surface area contributed by atoms with E-state index in [1.54, 1.807) is 16.8 Å². The molecule has 0 aliphatic carbocycles. The summed E-state index contributed by atoms with van der Waals surface area (Å²) >= 11 is 0. The number of hydrogen-bond acceptors (Lipinski definition) is 7. The van der Waals surface area contributed by atoms with Crippen molar-refractivity contribution in [3.05, 3.63) is 83.6 Å². The minimum Gasteiger partial charge on any atom is -0.477 e. The molecule has 2 aliphatic heterocycles. The highest BCUT2D eigenvalue weighted by molar-refractivity contribution is 5.91. The number of anilines is 2. The molecule has 0 radical (unpaired) electrons. The summed E-state index contributed by atoms with van der Waals surface area (Å²) in [7, 11) is 0.